The molecule has 1 aliphatic rings. The molecule has 3 rings (SSSR count). The molecule has 120 valence electrons. The number of carbonyl (C=O) groups is 1. The van der Waals surface area contributed by atoms with Crippen LogP contribution < -0.4 is 0 Å². The first-order valence-electron chi connectivity index (χ1n) is 7.05. The molecular formula is C14H13ClN4O4. The zero-order valence-electron chi connectivity index (χ0n) is 12.0. The normalized spacial score (nSPS) is 15.6. The number of piperidine rings is 1. The predicted octanol–water partition coefficient (Wildman–Crippen LogP) is 2.65. The Bertz CT molecular complexity index is 726. The summed E-state index contributed by atoms with van der Waals surface area (Å²) in [5, 5.41) is 14.6. The molecule has 0 radical (unpaired) electrons. The highest BCUT2D eigenvalue weighted by Gasteiger charge is 2.28. The van der Waals surface area contributed by atoms with Crippen LogP contribution in [0.4, 0.5) is 5.69 Å². The van der Waals surface area contributed by atoms with Crippen molar-refractivity contribution in [1.29, 1.82) is 0 Å². The summed E-state index contributed by atoms with van der Waals surface area (Å²) >= 11 is 6.01. The molecule has 2 aromatic rings. The quantitative estimate of drug-likeness (QED) is 0.630. The van der Waals surface area contributed by atoms with Crippen molar-refractivity contribution in [3.63, 3.8) is 0 Å². The van der Waals surface area contributed by atoms with Gasteiger partial charge in [0.1, 0.15) is 0 Å². The maximum atomic E-state index is 12.5. The monoisotopic (exact) mass is 336 g/mol. The van der Waals surface area contributed by atoms with E-state index in [4.69, 9.17) is 16.1 Å². The second-order valence-electron chi connectivity index (χ2n) is 5.28. The number of halogens is 1. The van der Waals surface area contributed by atoms with Crippen molar-refractivity contribution in [3.8, 4) is 0 Å². The van der Waals surface area contributed by atoms with Crippen LogP contribution >= 0.6 is 11.6 Å². The number of amides is 1. The van der Waals surface area contributed by atoms with Gasteiger partial charge in [-0.15, -0.1) is 0 Å². The molecule has 1 aliphatic heterocycles. The number of rotatable bonds is 3. The molecule has 23 heavy (non-hydrogen) atoms. The number of aromatic nitrogens is 2. The van der Waals surface area contributed by atoms with Crippen LogP contribution in [-0.2, 0) is 0 Å². The largest absolute Gasteiger partial charge is 0.343 e. The van der Waals surface area contributed by atoms with Crippen molar-refractivity contribution in [2.75, 3.05) is 13.1 Å². The van der Waals surface area contributed by atoms with E-state index in [9.17, 15) is 14.9 Å². The molecule has 1 aromatic carbocycles. The molecule has 0 atom stereocenters. The number of non-ortho nitro benzene ring substituents is 1. The van der Waals surface area contributed by atoms with E-state index in [-0.39, 0.29) is 28.1 Å². The van der Waals surface area contributed by atoms with Crippen LogP contribution in [0.2, 0.25) is 5.02 Å². The fourth-order valence-electron chi connectivity index (χ4n) is 2.66. The molecule has 9 heteroatoms. The molecule has 0 spiro atoms. The summed E-state index contributed by atoms with van der Waals surface area (Å²) in [6, 6.07) is 3.88. The molecule has 1 amide bonds. The Labute approximate surface area is 136 Å². The third-order valence-electron chi connectivity index (χ3n) is 3.92. The average Bonchev–Trinajstić information content (AvgIpc) is 3.08. The average molecular weight is 337 g/mol. The molecule has 1 saturated heterocycles. The van der Waals surface area contributed by atoms with Gasteiger partial charge < -0.3 is 9.42 Å². The summed E-state index contributed by atoms with van der Waals surface area (Å²) in [7, 11) is 0. The van der Waals surface area contributed by atoms with Gasteiger partial charge in [-0.05, 0) is 18.9 Å². The van der Waals surface area contributed by atoms with Gasteiger partial charge in [0.15, 0.2) is 5.82 Å². The highest BCUT2D eigenvalue weighted by Crippen LogP contribution is 2.28. The van der Waals surface area contributed by atoms with Gasteiger partial charge in [-0.2, -0.15) is 4.98 Å². The van der Waals surface area contributed by atoms with Crippen molar-refractivity contribution in [1.82, 2.24) is 15.0 Å². The van der Waals surface area contributed by atoms with Crippen LogP contribution in [0.1, 0.15) is 34.9 Å². The van der Waals surface area contributed by atoms with Crippen molar-refractivity contribution in [2.45, 2.75) is 18.8 Å². The predicted molar refractivity (Wildman–Crippen MR) is 80.3 cm³/mol. The van der Waals surface area contributed by atoms with Crippen molar-refractivity contribution in [3.05, 3.63) is 51.1 Å². The Morgan fingerprint density at radius 3 is 2.70 bits per heavy atom. The number of benzene rings is 1. The van der Waals surface area contributed by atoms with Crippen molar-refractivity contribution < 1.29 is 14.2 Å². The molecule has 0 N–H and O–H groups in total. The van der Waals surface area contributed by atoms with Gasteiger partial charge in [-0.1, -0.05) is 16.8 Å². The third-order valence-corrected chi connectivity index (χ3v) is 4.23. The van der Waals surface area contributed by atoms with Crippen LogP contribution in [0.25, 0.3) is 0 Å². The lowest BCUT2D eigenvalue weighted by Gasteiger charge is -2.30. The number of nitrogens with zero attached hydrogens (tertiary/aromatic N) is 4. The van der Waals surface area contributed by atoms with Gasteiger partial charge in [-0.3, -0.25) is 14.9 Å². The summed E-state index contributed by atoms with van der Waals surface area (Å²) < 4.78 is 4.74. The maximum absolute atomic E-state index is 12.5. The zero-order valence-corrected chi connectivity index (χ0v) is 12.8. The first-order chi connectivity index (χ1) is 11.1. The lowest BCUT2D eigenvalue weighted by Crippen LogP contribution is -2.38. The van der Waals surface area contributed by atoms with E-state index < -0.39 is 4.92 Å². The molecule has 0 unspecified atom stereocenters. The lowest BCUT2D eigenvalue weighted by atomic mass is 9.95. The van der Waals surface area contributed by atoms with E-state index in [0.717, 1.165) is 12.8 Å². The molecule has 2 heterocycles. The van der Waals surface area contributed by atoms with E-state index in [1.54, 1.807) is 4.90 Å². The Hall–Kier alpha value is -2.48. The summed E-state index contributed by atoms with van der Waals surface area (Å²) in [5.74, 6) is 0.604. The van der Waals surface area contributed by atoms with Crippen LogP contribution in [0, 0.1) is 10.1 Å². The van der Waals surface area contributed by atoms with Crippen LogP contribution in [0.3, 0.4) is 0 Å². The summed E-state index contributed by atoms with van der Waals surface area (Å²) in [5.41, 5.74) is 0.137. The van der Waals surface area contributed by atoms with Gasteiger partial charge in [0.05, 0.1) is 15.5 Å². The van der Waals surface area contributed by atoms with Crippen molar-refractivity contribution >= 4 is 23.2 Å². The first kappa shape index (κ1) is 15.4. The highest BCUT2D eigenvalue weighted by molar-refractivity contribution is 6.34. The number of nitro groups is 1. The summed E-state index contributed by atoms with van der Waals surface area (Å²) in [6.07, 6.45) is 2.76. The molecule has 1 fully saturated rings. The minimum absolute atomic E-state index is 0.0875. The summed E-state index contributed by atoms with van der Waals surface area (Å²) in [6.45, 7) is 1.09. The molecule has 8 nitrogen and oxygen atoms in total. The number of carbonyl (C=O) groups excluding carboxylic acids is 1. The second kappa shape index (κ2) is 6.33. The molecule has 0 saturated carbocycles. The van der Waals surface area contributed by atoms with Gasteiger partial charge in [0.25, 0.3) is 11.6 Å². The maximum Gasteiger partial charge on any atom is 0.270 e. The standard InChI is InChI=1S/C14H13ClN4O4/c15-12-7-10(19(21)22)1-2-11(12)14(20)18-5-3-9(4-6-18)13-16-8-23-17-13/h1-2,7-9H,3-6H2. The Morgan fingerprint density at radius 2 is 2.13 bits per heavy atom. The first-order valence-corrected chi connectivity index (χ1v) is 7.43. The Balaban J connectivity index is 1.69. The fraction of sp³-hybridized carbons (Fsp3) is 0.357. The number of hydrogen-bond donors (Lipinski definition) is 0. The van der Waals surface area contributed by atoms with Gasteiger partial charge >= 0.3 is 0 Å². The highest BCUT2D eigenvalue weighted by atomic mass is 35.5. The van der Waals surface area contributed by atoms with E-state index in [1.807, 2.05) is 0 Å². The Morgan fingerprint density at radius 1 is 1.39 bits per heavy atom. The number of likely N-dealkylation sites (tertiary alicyclic amines) is 1. The van der Waals surface area contributed by atoms with Crippen LogP contribution in [0.15, 0.2) is 29.1 Å². The van der Waals surface area contributed by atoms with Gasteiger partial charge in [0.2, 0.25) is 6.39 Å². The molecule has 1 aromatic heterocycles. The van der Waals surface area contributed by atoms with E-state index in [0.29, 0.717) is 18.9 Å². The smallest absolute Gasteiger partial charge is 0.270 e. The second-order valence-corrected chi connectivity index (χ2v) is 5.68. The van der Waals surface area contributed by atoms with E-state index in [2.05, 4.69) is 10.1 Å². The van der Waals surface area contributed by atoms with Crippen LogP contribution in [-0.4, -0.2) is 39.0 Å². The third kappa shape index (κ3) is 3.16. The number of hydrogen-bond acceptors (Lipinski definition) is 6. The van der Waals surface area contributed by atoms with Crippen LogP contribution in [0.5, 0.6) is 0 Å². The Kier molecular flexibility index (Phi) is 4.24. The van der Waals surface area contributed by atoms with Gasteiger partial charge in [-0.25, -0.2) is 0 Å². The zero-order chi connectivity index (χ0) is 16.4. The SMILES string of the molecule is O=C(c1ccc([N+](=O)[O-])cc1Cl)N1CCC(c2ncon2)CC1. The van der Waals surface area contributed by atoms with E-state index in [1.165, 1.54) is 24.6 Å². The molecule has 0 aliphatic carbocycles. The van der Waals surface area contributed by atoms with E-state index >= 15 is 0 Å². The number of nitro benzene ring substituents is 1. The summed E-state index contributed by atoms with van der Waals surface area (Å²) in [4.78, 5) is 28.4. The minimum Gasteiger partial charge on any atom is -0.343 e. The fourth-order valence-corrected chi connectivity index (χ4v) is 2.92. The lowest BCUT2D eigenvalue weighted by molar-refractivity contribution is -0.384. The molecule has 0 bridgehead atoms. The van der Waals surface area contributed by atoms with Gasteiger partial charge in [0, 0.05) is 31.1 Å². The topological polar surface area (TPSA) is 102 Å². The molecular weight excluding hydrogens is 324 g/mol. The van der Waals surface area contributed by atoms with Crippen molar-refractivity contribution in [2.24, 2.45) is 0 Å². The minimum atomic E-state index is -0.545.